The maximum Gasteiger partial charge on any atom is 0.264 e. The fourth-order valence-electron chi connectivity index (χ4n) is 2.88. The van der Waals surface area contributed by atoms with Crippen LogP contribution in [0.25, 0.3) is 0 Å². The molecule has 0 saturated carbocycles. The van der Waals surface area contributed by atoms with E-state index in [-0.39, 0.29) is 24.6 Å². The predicted octanol–water partition coefficient (Wildman–Crippen LogP) is 3.85. The van der Waals surface area contributed by atoms with Gasteiger partial charge in [-0.25, -0.2) is 8.42 Å². The number of nitrogens with zero attached hydrogens (tertiary/aromatic N) is 1. The Hall–Kier alpha value is -3.04. The Kier molecular flexibility index (Phi) is 8.13. The number of benzene rings is 3. The van der Waals surface area contributed by atoms with E-state index in [0.29, 0.717) is 17.2 Å². The highest BCUT2D eigenvalue weighted by molar-refractivity contribution is 9.10. The zero-order valence-electron chi connectivity index (χ0n) is 17.4. The maximum absolute atomic E-state index is 13.2. The standard InChI is InChI=1S/C23H23BrN2O5S/c1-30-20-6-5-7-21(16-20)31-15-14-25-23(27)17-26(19-12-10-18(24)11-13-19)32(28,29)22-8-3-2-4-9-22/h2-13,16H,14-15,17H2,1H3,(H,25,27). The summed E-state index contributed by atoms with van der Waals surface area (Å²) in [6, 6.07) is 21.9. The molecule has 3 aromatic rings. The van der Waals surface area contributed by atoms with Crippen molar-refractivity contribution in [1.82, 2.24) is 5.32 Å². The quantitative estimate of drug-likeness (QED) is 0.412. The number of rotatable bonds is 10. The van der Waals surface area contributed by atoms with E-state index in [0.717, 1.165) is 8.78 Å². The van der Waals surface area contributed by atoms with Crippen LogP contribution in [0.1, 0.15) is 0 Å². The number of carbonyl (C=O) groups is 1. The maximum atomic E-state index is 13.2. The van der Waals surface area contributed by atoms with Crippen LogP contribution >= 0.6 is 15.9 Å². The molecule has 0 spiro atoms. The van der Waals surface area contributed by atoms with Crippen LogP contribution < -0.4 is 19.1 Å². The lowest BCUT2D eigenvalue weighted by atomic mass is 10.3. The van der Waals surface area contributed by atoms with Crippen molar-refractivity contribution in [1.29, 1.82) is 0 Å². The Balaban J connectivity index is 1.66. The van der Waals surface area contributed by atoms with Gasteiger partial charge in [0, 0.05) is 10.5 Å². The first kappa shape index (κ1) is 23.6. The van der Waals surface area contributed by atoms with Crippen molar-refractivity contribution >= 4 is 37.5 Å². The number of amides is 1. The number of nitrogens with one attached hydrogen (secondary N) is 1. The minimum absolute atomic E-state index is 0.108. The summed E-state index contributed by atoms with van der Waals surface area (Å²) in [6.07, 6.45) is 0. The second-order valence-corrected chi connectivity index (χ2v) is 9.46. The fraction of sp³-hybridized carbons (Fsp3) is 0.174. The van der Waals surface area contributed by atoms with Crippen LogP contribution in [-0.2, 0) is 14.8 Å². The van der Waals surface area contributed by atoms with Crippen molar-refractivity contribution < 1.29 is 22.7 Å². The van der Waals surface area contributed by atoms with Crippen molar-refractivity contribution in [2.45, 2.75) is 4.90 Å². The van der Waals surface area contributed by atoms with Crippen LogP contribution in [-0.4, -0.2) is 41.1 Å². The van der Waals surface area contributed by atoms with Gasteiger partial charge in [0.15, 0.2) is 0 Å². The molecule has 3 rings (SSSR count). The second-order valence-electron chi connectivity index (χ2n) is 6.68. The average molecular weight is 519 g/mol. The molecule has 1 N–H and O–H groups in total. The molecule has 0 aromatic heterocycles. The highest BCUT2D eigenvalue weighted by atomic mass is 79.9. The topological polar surface area (TPSA) is 84.9 Å². The molecule has 0 bridgehead atoms. The lowest BCUT2D eigenvalue weighted by Crippen LogP contribution is -2.41. The lowest BCUT2D eigenvalue weighted by Gasteiger charge is -2.24. The number of methoxy groups -OCH3 is 1. The Labute approximate surface area is 196 Å². The summed E-state index contributed by atoms with van der Waals surface area (Å²) in [7, 11) is -2.36. The molecule has 0 fully saturated rings. The minimum Gasteiger partial charge on any atom is -0.497 e. The first-order chi connectivity index (χ1) is 15.4. The Morgan fingerprint density at radius 1 is 0.969 bits per heavy atom. The number of sulfonamides is 1. The van der Waals surface area contributed by atoms with Crippen molar-refractivity contribution in [3.63, 3.8) is 0 Å². The third-order valence-electron chi connectivity index (χ3n) is 4.47. The molecule has 0 unspecified atom stereocenters. The SMILES string of the molecule is COc1cccc(OCCNC(=O)CN(c2ccc(Br)cc2)S(=O)(=O)c2ccccc2)c1. The molecule has 0 aliphatic heterocycles. The second kappa shape index (κ2) is 11.0. The summed E-state index contributed by atoms with van der Waals surface area (Å²) >= 11 is 3.34. The third-order valence-corrected chi connectivity index (χ3v) is 6.78. The zero-order chi connectivity index (χ0) is 23.0. The molecule has 3 aromatic carbocycles. The van der Waals surface area contributed by atoms with Gasteiger partial charge in [-0.2, -0.15) is 0 Å². The van der Waals surface area contributed by atoms with Gasteiger partial charge in [0.1, 0.15) is 24.7 Å². The van der Waals surface area contributed by atoms with E-state index in [1.54, 1.807) is 73.8 Å². The van der Waals surface area contributed by atoms with Gasteiger partial charge in [0.05, 0.1) is 24.2 Å². The first-order valence-corrected chi connectivity index (χ1v) is 12.0. The highest BCUT2D eigenvalue weighted by Gasteiger charge is 2.27. The van der Waals surface area contributed by atoms with E-state index in [9.17, 15) is 13.2 Å². The van der Waals surface area contributed by atoms with Gasteiger partial charge < -0.3 is 14.8 Å². The number of anilines is 1. The zero-order valence-corrected chi connectivity index (χ0v) is 19.8. The van der Waals surface area contributed by atoms with E-state index in [4.69, 9.17) is 9.47 Å². The largest absolute Gasteiger partial charge is 0.497 e. The van der Waals surface area contributed by atoms with Crippen LogP contribution in [0.5, 0.6) is 11.5 Å². The molecule has 0 aliphatic rings. The van der Waals surface area contributed by atoms with Crippen molar-refractivity contribution in [3.8, 4) is 11.5 Å². The number of hydrogen-bond acceptors (Lipinski definition) is 5. The molecule has 0 saturated heterocycles. The average Bonchev–Trinajstić information content (AvgIpc) is 2.81. The summed E-state index contributed by atoms with van der Waals surface area (Å²) in [4.78, 5) is 12.7. The Morgan fingerprint density at radius 3 is 2.34 bits per heavy atom. The molecule has 0 heterocycles. The summed E-state index contributed by atoms with van der Waals surface area (Å²) in [5.41, 5.74) is 0.389. The monoisotopic (exact) mass is 518 g/mol. The van der Waals surface area contributed by atoms with Gasteiger partial charge in [-0.1, -0.05) is 40.2 Å². The van der Waals surface area contributed by atoms with Crippen LogP contribution in [0.15, 0.2) is 88.2 Å². The summed E-state index contributed by atoms with van der Waals surface area (Å²) in [5.74, 6) is 0.839. The molecular weight excluding hydrogens is 496 g/mol. The van der Waals surface area contributed by atoms with Gasteiger partial charge >= 0.3 is 0 Å². The number of hydrogen-bond donors (Lipinski definition) is 1. The molecule has 0 atom stereocenters. The molecule has 0 radical (unpaired) electrons. The van der Waals surface area contributed by atoms with E-state index < -0.39 is 15.9 Å². The summed E-state index contributed by atoms with van der Waals surface area (Å²) in [6.45, 7) is 0.0796. The van der Waals surface area contributed by atoms with Crippen molar-refractivity contribution in [2.75, 3.05) is 31.1 Å². The van der Waals surface area contributed by atoms with Gasteiger partial charge in [0.2, 0.25) is 5.91 Å². The van der Waals surface area contributed by atoms with E-state index >= 15 is 0 Å². The Bertz CT molecular complexity index is 1140. The Morgan fingerprint density at radius 2 is 1.66 bits per heavy atom. The summed E-state index contributed by atoms with van der Waals surface area (Å²) in [5, 5.41) is 2.71. The predicted molar refractivity (Wildman–Crippen MR) is 127 cm³/mol. The van der Waals surface area contributed by atoms with E-state index in [1.807, 2.05) is 0 Å². The third kappa shape index (κ3) is 6.24. The van der Waals surface area contributed by atoms with Crippen LogP contribution in [0.3, 0.4) is 0 Å². The van der Waals surface area contributed by atoms with Gasteiger partial charge in [0.25, 0.3) is 10.0 Å². The summed E-state index contributed by atoms with van der Waals surface area (Å²) < 4.78 is 39.1. The molecular formula is C23H23BrN2O5S. The minimum atomic E-state index is -3.93. The molecule has 32 heavy (non-hydrogen) atoms. The van der Waals surface area contributed by atoms with Crippen LogP contribution in [0.2, 0.25) is 0 Å². The lowest BCUT2D eigenvalue weighted by molar-refractivity contribution is -0.119. The smallest absolute Gasteiger partial charge is 0.264 e. The first-order valence-electron chi connectivity index (χ1n) is 9.77. The van der Waals surface area contributed by atoms with Gasteiger partial charge in [-0.15, -0.1) is 0 Å². The molecule has 1 amide bonds. The van der Waals surface area contributed by atoms with Crippen LogP contribution in [0, 0.1) is 0 Å². The molecule has 168 valence electrons. The van der Waals surface area contributed by atoms with E-state index in [2.05, 4.69) is 21.2 Å². The van der Waals surface area contributed by atoms with Crippen molar-refractivity contribution in [3.05, 3.63) is 83.3 Å². The number of halogens is 1. The molecule has 7 nitrogen and oxygen atoms in total. The number of carbonyl (C=O) groups excluding carboxylic acids is 1. The van der Waals surface area contributed by atoms with Gasteiger partial charge in [-0.05, 0) is 48.5 Å². The van der Waals surface area contributed by atoms with Crippen molar-refractivity contribution in [2.24, 2.45) is 0 Å². The molecule has 9 heteroatoms. The van der Waals surface area contributed by atoms with Crippen LogP contribution in [0.4, 0.5) is 5.69 Å². The fourth-order valence-corrected chi connectivity index (χ4v) is 4.59. The van der Waals surface area contributed by atoms with E-state index in [1.165, 1.54) is 12.1 Å². The van der Waals surface area contributed by atoms with Gasteiger partial charge in [-0.3, -0.25) is 9.10 Å². The highest BCUT2D eigenvalue weighted by Crippen LogP contribution is 2.25. The number of ether oxygens (including phenoxy) is 2. The normalized spacial score (nSPS) is 10.9. The molecule has 0 aliphatic carbocycles.